The van der Waals surface area contributed by atoms with Crippen molar-refractivity contribution in [2.75, 3.05) is 84.3 Å². The molecule has 2 saturated heterocycles. The Bertz CT molecular complexity index is 1610. The molecule has 2 fully saturated rings. The van der Waals surface area contributed by atoms with Gasteiger partial charge in [-0.1, -0.05) is 18.6 Å². The molecular weight excluding hydrogens is 837 g/mol. The smallest absolute Gasteiger partial charge is 0.303 e. The van der Waals surface area contributed by atoms with Gasteiger partial charge in [-0.2, -0.15) is 12.6 Å². The molecule has 15 N–H and O–H groups in total. The summed E-state index contributed by atoms with van der Waals surface area (Å²) >= 11 is 4.02. The molecule has 0 spiro atoms. The van der Waals surface area contributed by atoms with E-state index >= 15 is 0 Å². The molecule has 1 unspecified atom stereocenters. The highest BCUT2D eigenvalue weighted by Gasteiger charge is 2.34. The van der Waals surface area contributed by atoms with Gasteiger partial charge in [0.05, 0.1) is 5.54 Å². The Balaban J connectivity index is 1.53. The van der Waals surface area contributed by atoms with E-state index in [0.29, 0.717) is 97.8 Å². The van der Waals surface area contributed by atoms with Crippen LogP contribution in [0.2, 0.25) is 0 Å². The van der Waals surface area contributed by atoms with Gasteiger partial charge in [-0.05, 0) is 43.4 Å². The number of rotatable bonds is 23. The SMILES string of the molecule is NC(=O)[C@H](CS)NC(=O)CCCCCNC(=O)C(Cc1ccc(O)cc1)NC(=O)CCCC(=O)NC12CNCCNCC(NC(=O)CCCC(=O)O)(CNCCNC1)NCCNC2. The van der Waals surface area contributed by atoms with Gasteiger partial charge in [0.2, 0.25) is 35.4 Å². The Morgan fingerprint density at radius 2 is 1.14 bits per heavy atom. The van der Waals surface area contributed by atoms with Crippen molar-refractivity contribution in [3.63, 3.8) is 0 Å². The van der Waals surface area contributed by atoms with Crippen molar-refractivity contribution < 1.29 is 43.8 Å². The number of amides is 6. The second-order valence-electron chi connectivity index (χ2n) is 16.2. The highest BCUT2D eigenvalue weighted by Crippen LogP contribution is 2.13. The summed E-state index contributed by atoms with van der Waals surface area (Å²) in [5.74, 6) is -2.99. The summed E-state index contributed by atoms with van der Waals surface area (Å²) in [7, 11) is 0. The van der Waals surface area contributed by atoms with E-state index in [0.717, 1.165) is 5.56 Å². The molecule has 0 radical (unpaired) electrons. The van der Waals surface area contributed by atoms with E-state index in [2.05, 4.69) is 71.1 Å². The normalized spacial score (nSPS) is 20.8. The summed E-state index contributed by atoms with van der Waals surface area (Å²) in [4.78, 5) is 87.4. The summed E-state index contributed by atoms with van der Waals surface area (Å²) in [5.41, 5.74) is 4.42. The summed E-state index contributed by atoms with van der Waals surface area (Å²) in [6.07, 6.45) is 2.65. The number of hydrogen-bond donors (Lipinski definition) is 15. The Hall–Kier alpha value is -4.58. The van der Waals surface area contributed by atoms with E-state index in [1.807, 2.05) is 0 Å². The number of carboxylic acid groups (broad SMARTS) is 1. The molecule has 3 rings (SSSR count). The molecule has 2 heterocycles. The Morgan fingerprint density at radius 1 is 0.635 bits per heavy atom. The second-order valence-corrected chi connectivity index (χ2v) is 16.5. The van der Waals surface area contributed by atoms with Crippen molar-refractivity contribution in [1.82, 2.24) is 58.5 Å². The minimum Gasteiger partial charge on any atom is -0.508 e. The average Bonchev–Trinajstić information content (AvgIpc) is 3.26. The molecule has 1 aromatic carbocycles. The number of benzene rings is 1. The molecule has 2 aliphatic rings. The number of aliphatic carboxylic acids is 1. The van der Waals surface area contributed by atoms with Gasteiger partial charge in [0, 0.05) is 123 Å². The summed E-state index contributed by atoms with van der Waals surface area (Å²) < 4.78 is 0. The highest BCUT2D eigenvalue weighted by molar-refractivity contribution is 7.80. The zero-order chi connectivity index (χ0) is 45.9. The molecule has 6 amide bonds. The van der Waals surface area contributed by atoms with Crippen LogP contribution >= 0.6 is 12.6 Å². The molecule has 1 aromatic rings. The molecule has 2 atom stereocenters. The third-order valence-electron chi connectivity index (χ3n) is 10.6. The molecule has 63 heavy (non-hydrogen) atoms. The fourth-order valence-electron chi connectivity index (χ4n) is 7.21. The van der Waals surface area contributed by atoms with Crippen molar-refractivity contribution in [2.45, 2.75) is 93.9 Å². The number of unbranched alkanes of at least 4 members (excludes halogenated alkanes) is 2. The average molecular weight is 907 g/mol. The van der Waals surface area contributed by atoms with Crippen LogP contribution in [0.4, 0.5) is 0 Å². The lowest BCUT2D eigenvalue weighted by Gasteiger charge is -2.37. The van der Waals surface area contributed by atoms with Gasteiger partial charge in [-0.25, -0.2) is 0 Å². The molecule has 354 valence electrons. The van der Waals surface area contributed by atoms with Crippen LogP contribution in [0.25, 0.3) is 0 Å². The Morgan fingerprint density at radius 3 is 1.71 bits per heavy atom. The number of phenolic OH excluding ortho intramolecular Hbond substituents is 1. The monoisotopic (exact) mass is 907 g/mol. The lowest BCUT2D eigenvalue weighted by Crippen LogP contribution is -2.69. The van der Waals surface area contributed by atoms with Crippen molar-refractivity contribution >= 4 is 54.0 Å². The maximum absolute atomic E-state index is 13.5. The predicted octanol–water partition coefficient (Wildman–Crippen LogP) is -3.35. The minimum absolute atomic E-state index is 0.00127. The number of nitrogens with one attached hydrogen (secondary N) is 11. The molecule has 21 nitrogen and oxygen atoms in total. The predicted molar refractivity (Wildman–Crippen MR) is 240 cm³/mol. The lowest BCUT2D eigenvalue weighted by atomic mass is 9.97. The first-order chi connectivity index (χ1) is 30.2. The van der Waals surface area contributed by atoms with Gasteiger partial charge in [0.15, 0.2) is 0 Å². The number of fused-ring (bicyclic) bond motifs is 6. The quantitative estimate of drug-likeness (QED) is 0.0377. The number of thiol groups is 1. The second kappa shape index (κ2) is 29.0. The maximum Gasteiger partial charge on any atom is 0.303 e. The topological polar surface area (TPSA) is 318 Å². The number of carbonyl (C=O) groups excluding carboxylic acids is 6. The van der Waals surface area contributed by atoms with Crippen LogP contribution in [-0.4, -0.2) is 159 Å². The van der Waals surface area contributed by atoms with Crippen molar-refractivity contribution in [3.05, 3.63) is 29.8 Å². The standard InChI is InChI=1S/C41H70N12O9S/c42-38(61)32(23-63)51-33(55)6-2-1-3-15-48-39(62)31(22-29-11-13-30(54)14-12-29)50-34(56)7-4-8-35(57)52-40-24-43-16-18-46-27-41(49-21-20-45-26-40,28-47-19-17-44-25-40)53-36(58)9-5-10-37(59)60/h11-14,31-32,43-47,49,54,63H,1-10,15-28H2,(H2,42,61)(H,48,62)(H,50,56)(H,51,55)(H,52,57)(H,53,58)(H,59,60)/t31?,32-,40?,41?/m0/s1. The summed E-state index contributed by atoms with van der Waals surface area (Å²) in [5, 5.41) is 54.0. The van der Waals surface area contributed by atoms with Gasteiger partial charge in [-0.3, -0.25) is 38.9 Å². The number of hydrogen-bond acceptors (Lipinski definition) is 15. The van der Waals surface area contributed by atoms with E-state index in [4.69, 9.17) is 10.8 Å². The largest absolute Gasteiger partial charge is 0.508 e. The Labute approximate surface area is 374 Å². The van der Waals surface area contributed by atoms with Gasteiger partial charge < -0.3 is 69.1 Å². The van der Waals surface area contributed by atoms with E-state index in [-0.39, 0.29) is 80.6 Å². The number of phenols is 1. The number of carboxylic acids is 1. The van der Waals surface area contributed by atoms with Gasteiger partial charge in [-0.15, -0.1) is 0 Å². The zero-order valence-electron chi connectivity index (χ0n) is 36.2. The van der Waals surface area contributed by atoms with Crippen LogP contribution in [0.5, 0.6) is 5.75 Å². The number of nitrogens with two attached hydrogens (primary N) is 1. The number of carbonyl (C=O) groups is 7. The van der Waals surface area contributed by atoms with Crippen molar-refractivity contribution in [1.29, 1.82) is 0 Å². The van der Waals surface area contributed by atoms with Crippen LogP contribution < -0.4 is 64.2 Å². The first-order valence-corrected chi connectivity index (χ1v) is 22.5. The molecule has 0 aromatic heterocycles. The third kappa shape index (κ3) is 21.6. The molecule has 0 aliphatic carbocycles. The first-order valence-electron chi connectivity index (χ1n) is 21.9. The van der Waals surface area contributed by atoms with Gasteiger partial charge in [0.25, 0.3) is 0 Å². The number of aromatic hydroxyl groups is 1. The highest BCUT2D eigenvalue weighted by atomic mass is 32.1. The summed E-state index contributed by atoms with van der Waals surface area (Å²) in [6, 6.07) is 4.60. The third-order valence-corrected chi connectivity index (χ3v) is 11.0. The molecule has 2 bridgehead atoms. The van der Waals surface area contributed by atoms with Gasteiger partial charge in [0.1, 0.15) is 23.5 Å². The maximum atomic E-state index is 13.5. The van der Waals surface area contributed by atoms with Gasteiger partial charge >= 0.3 is 5.97 Å². The number of primary amides is 1. The fourth-order valence-corrected chi connectivity index (χ4v) is 7.48. The van der Waals surface area contributed by atoms with E-state index in [1.54, 1.807) is 12.1 Å². The van der Waals surface area contributed by atoms with E-state index in [9.17, 15) is 38.7 Å². The summed E-state index contributed by atoms with van der Waals surface area (Å²) in [6.45, 7) is 5.76. The van der Waals surface area contributed by atoms with Crippen LogP contribution in [0, 0.1) is 0 Å². The van der Waals surface area contributed by atoms with Crippen LogP contribution in [-0.2, 0) is 40.0 Å². The fraction of sp³-hybridized carbons (Fsp3) is 0.683. The van der Waals surface area contributed by atoms with E-state index < -0.39 is 47.0 Å². The molecule has 0 saturated carbocycles. The Kier molecular flexibility index (Phi) is 24.3. The van der Waals surface area contributed by atoms with E-state index in [1.165, 1.54) is 12.1 Å². The van der Waals surface area contributed by atoms with Crippen molar-refractivity contribution in [3.8, 4) is 5.75 Å². The molecule has 2 aliphatic heterocycles. The molecule has 22 heteroatoms. The van der Waals surface area contributed by atoms with Crippen LogP contribution in [0.3, 0.4) is 0 Å². The minimum atomic E-state index is -0.945. The van der Waals surface area contributed by atoms with Crippen molar-refractivity contribution in [2.24, 2.45) is 5.73 Å². The first kappa shape index (κ1) is 52.8. The zero-order valence-corrected chi connectivity index (χ0v) is 37.1. The molecular formula is C41H70N12O9S. The van der Waals surface area contributed by atoms with Crippen LogP contribution in [0.1, 0.15) is 69.8 Å². The van der Waals surface area contributed by atoms with Crippen LogP contribution in [0.15, 0.2) is 24.3 Å². The lowest BCUT2D eigenvalue weighted by molar-refractivity contribution is -0.137.